The molecule has 1 unspecified atom stereocenters. The zero-order chi connectivity index (χ0) is 14.9. The molecule has 20 heavy (non-hydrogen) atoms. The summed E-state index contributed by atoms with van der Waals surface area (Å²) in [5, 5.41) is 38.0. The molecule has 1 aliphatic heterocycles. The Labute approximate surface area is 114 Å². The van der Waals surface area contributed by atoms with Crippen molar-refractivity contribution in [2.24, 2.45) is 0 Å². The van der Waals surface area contributed by atoms with Gasteiger partial charge in [-0.1, -0.05) is 12.1 Å². The molecule has 0 spiro atoms. The van der Waals surface area contributed by atoms with Gasteiger partial charge in [-0.2, -0.15) is 0 Å². The minimum Gasteiger partial charge on any atom is -0.394 e. The highest BCUT2D eigenvalue weighted by atomic mass is 19.1. The summed E-state index contributed by atoms with van der Waals surface area (Å²) < 4.78 is 18.6. The molecule has 1 aromatic rings. The van der Waals surface area contributed by atoms with Crippen molar-refractivity contribution in [2.45, 2.75) is 30.5 Å². The largest absolute Gasteiger partial charge is 0.394 e. The number of aliphatic hydroxyl groups is 4. The van der Waals surface area contributed by atoms with Crippen LogP contribution in [0.15, 0.2) is 24.3 Å². The van der Waals surface area contributed by atoms with Crippen LogP contribution in [0.1, 0.15) is 10.4 Å². The van der Waals surface area contributed by atoms with Crippen molar-refractivity contribution >= 4 is 5.78 Å². The minimum absolute atomic E-state index is 0.295. The monoisotopic (exact) mass is 286 g/mol. The first-order valence-corrected chi connectivity index (χ1v) is 6.06. The lowest BCUT2D eigenvalue weighted by Crippen LogP contribution is -2.60. The fraction of sp³-hybridized carbons (Fsp3) is 0.462. The standard InChI is InChI=1S/C13H15FO6/c14-7-4-2-1-3-6(7)9(16)13-12(19)11(18)10(17)8(5-15)20-13/h1-4,8,10-13,15,17-19H,5H2/t8-,10-,11+,12-,13?/m1/s1. The Balaban J connectivity index is 2.27. The first-order valence-electron chi connectivity index (χ1n) is 6.06. The number of hydrogen-bond acceptors (Lipinski definition) is 6. The van der Waals surface area contributed by atoms with E-state index in [9.17, 15) is 24.5 Å². The van der Waals surface area contributed by atoms with Crippen LogP contribution in [0, 0.1) is 5.82 Å². The van der Waals surface area contributed by atoms with Crippen LogP contribution in [0.3, 0.4) is 0 Å². The maximum atomic E-state index is 13.6. The van der Waals surface area contributed by atoms with Crippen LogP contribution in [0.25, 0.3) is 0 Å². The number of carbonyl (C=O) groups is 1. The molecule has 110 valence electrons. The van der Waals surface area contributed by atoms with Gasteiger partial charge in [0.2, 0.25) is 0 Å². The van der Waals surface area contributed by atoms with E-state index in [0.29, 0.717) is 0 Å². The normalized spacial score (nSPS) is 34.0. The van der Waals surface area contributed by atoms with E-state index in [1.165, 1.54) is 18.2 Å². The summed E-state index contributed by atoms with van der Waals surface area (Å²) in [6, 6.07) is 5.15. The van der Waals surface area contributed by atoms with Crippen molar-refractivity contribution in [3.05, 3.63) is 35.6 Å². The molecule has 0 saturated carbocycles. The van der Waals surface area contributed by atoms with Crippen molar-refractivity contribution in [3.63, 3.8) is 0 Å². The van der Waals surface area contributed by atoms with E-state index in [0.717, 1.165) is 6.07 Å². The Hall–Kier alpha value is -1.38. The average Bonchev–Trinajstić information content (AvgIpc) is 2.45. The quantitative estimate of drug-likeness (QED) is 0.523. The van der Waals surface area contributed by atoms with Gasteiger partial charge < -0.3 is 25.2 Å². The third-order valence-electron chi connectivity index (χ3n) is 3.29. The Morgan fingerprint density at radius 1 is 1.15 bits per heavy atom. The molecular formula is C13H15FO6. The smallest absolute Gasteiger partial charge is 0.197 e. The number of halogens is 1. The molecule has 5 atom stereocenters. The number of ether oxygens (including phenoxy) is 1. The van der Waals surface area contributed by atoms with E-state index in [1.54, 1.807) is 0 Å². The second kappa shape index (κ2) is 5.94. The molecule has 2 rings (SSSR count). The fourth-order valence-corrected chi connectivity index (χ4v) is 2.13. The van der Waals surface area contributed by atoms with Crippen LogP contribution in [-0.2, 0) is 4.74 Å². The molecule has 1 aromatic carbocycles. The summed E-state index contributed by atoms with van der Waals surface area (Å²) >= 11 is 0. The van der Waals surface area contributed by atoms with Crippen molar-refractivity contribution in [2.75, 3.05) is 6.61 Å². The lowest BCUT2D eigenvalue weighted by Gasteiger charge is -2.39. The van der Waals surface area contributed by atoms with E-state index in [1.807, 2.05) is 0 Å². The Bertz CT molecular complexity index is 492. The van der Waals surface area contributed by atoms with Gasteiger partial charge in [-0.25, -0.2) is 4.39 Å². The van der Waals surface area contributed by atoms with Gasteiger partial charge in [-0.05, 0) is 12.1 Å². The van der Waals surface area contributed by atoms with Crippen LogP contribution in [0.2, 0.25) is 0 Å². The molecular weight excluding hydrogens is 271 g/mol. The molecule has 0 bridgehead atoms. The number of Topliss-reactive ketones (excluding diaryl/α,β-unsaturated/α-hetero) is 1. The van der Waals surface area contributed by atoms with Crippen LogP contribution in [0.4, 0.5) is 4.39 Å². The summed E-state index contributed by atoms with van der Waals surface area (Å²) in [5.41, 5.74) is -0.295. The molecule has 1 saturated heterocycles. The number of aliphatic hydroxyl groups excluding tert-OH is 4. The SMILES string of the molecule is O=C(c1ccccc1F)C1O[C@H](CO)[C@@H](O)[C@H](O)[C@H]1O. The third kappa shape index (κ3) is 2.58. The zero-order valence-electron chi connectivity index (χ0n) is 10.4. The van der Waals surface area contributed by atoms with Crippen molar-refractivity contribution in [1.29, 1.82) is 0 Å². The number of hydrogen-bond donors (Lipinski definition) is 4. The number of benzene rings is 1. The predicted molar refractivity (Wildman–Crippen MR) is 64.5 cm³/mol. The molecule has 0 aliphatic carbocycles. The van der Waals surface area contributed by atoms with Gasteiger partial charge in [-0.15, -0.1) is 0 Å². The number of carbonyl (C=O) groups excluding carboxylic acids is 1. The third-order valence-corrected chi connectivity index (χ3v) is 3.29. The Morgan fingerprint density at radius 2 is 1.80 bits per heavy atom. The second-order valence-corrected chi connectivity index (χ2v) is 4.59. The maximum Gasteiger partial charge on any atom is 0.197 e. The van der Waals surface area contributed by atoms with E-state index in [-0.39, 0.29) is 5.56 Å². The molecule has 4 N–H and O–H groups in total. The van der Waals surface area contributed by atoms with Gasteiger partial charge >= 0.3 is 0 Å². The molecule has 0 aromatic heterocycles. The van der Waals surface area contributed by atoms with Gasteiger partial charge in [-0.3, -0.25) is 4.79 Å². The molecule has 1 fully saturated rings. The van der Waals surface area contributed by atoms with Gasteiger partial charge in [0.05, 0.1) is 12.2 Å². The summed E-state index contributed by atoms with van der Waals surface area (Å²) in [5.74, 6) is -1.64. The van der Waals surface area contributed by atoms with Gasteiger partial charge in [0.15, 0.2) is 5.78 Å². The number of rotatable bonds is 3. The highest BCUT2D eigenvalue weighted by Gasteiger charge is 2.46. The summed E-state index contributed by atoms with van der Waals surface area (Å²) in [6.07, 6.45) is -7.68. The second-order valence-electron chi connectivity index (χ2n) is 4.59. The van der Waals surface area contributed by atoms with Crippen molar-refractivity contribution in [3.8, 4) is 0 Å². The van der Waals surface area contributed by atoms with Crippen molar-refractivity contribution < 1.29 is 34.3 Å². The van der Waals surface area contributed by atoms with E-state index >= 15 is 0 Å². The average molecular weight is 286 g/mol. The summed E-state index contributed by atoms with van der Waals surface area (Å²) in [6.45, 7) is -0.647. The van der Waals surface area contributed by atoms with E-state index in [4.69, 9.17) is 9.84 Å². The predicted octanol–water partition coefficient (Wildman–Crippen LogP) is -1.15. The Kier molecular flexibility index (Phi) is 4.46. The van der Waals surface area contributed by atoms with Crippen LogP contribution in [0.5, 0.6) is 0 Å². The van der Waals surface area contributed by atoms with Gasteiger partial charge in [0.1, 0.15) is 36.3 Å². The Morgan fingerprint density at radius 3 is 2.40 bits per heavy atom. The van der Waals surface area contributed by atoms with Gasteiger partial charge in [0, 0.05) is 0 Å². The topological polar surface area (TPSA) is 107 Å². The molecule has 0 amide bonds. The zero-order valence-corrected chi connectivity index (χ0v) is 10.4. The molecule has 0 radical (unpaired) electrons. The van der Waals surface area contributed by atoms with Crippen molar-refractivity contribution in [1.82, 2.24) is 0 Å². The lowest BCUT2D eigenvalue weighted by molar-refractivity contribution is -0.215. The molecule has 1 heterocycles. The first kappa shape index (κ1) is 15.0. The first-order chi connectivity index (χ1) is 9.47. The highest BCUT2D eigenvalue weighted by molar-refractivity contribution is 6.00. The minimum atomic E-state index is -1.71. The summed E-state index contributed by atoms with van der Waals surface area (Å²) in [4.78, 5) is 12.1. The highest BCUT2D eigenvalue weighted by Crippen LogP contribution is 2.24. The molecule has 6 nitrogen and oxygen atoms in total. The molecule has 1 aliphatic rings. The van der Waals surface area contributed by atoms with E-state index in [2.05, 4.69) is 0 Å². The molecule has 7 heteroatoms. The van der Waals surface area contributed by atoms with Gasteiger partial charge in [0.25, 0.3) is 0 Å². The lowest BCUT2D eigenvalue weighted by atomic mass is 9.91. The fourth-order valence-electron chi connectivity index (χ4n) is 2.13. The van der Waals surface area contributed by atoms with Crippen LogP contribution >= 0.6 is 0 Å². The maximum absolute atomic E-state index is 13.6. The summed E-state index contributed by atoms with van der Waals surface area (Å²) in [7, 11) is 0. The van der Waals surface area contributed by atoms with Crippen LogP contribution < -0.4 is 0 Å². The number of ketones is 1. The van der Waals surface area contributed by atoms with E-state index < -0.39 is 48.7 Å². The van der Waals surface area contributed by atoms with Crippen LogP contribution in [-0.4, -0.2) is 63.3 Å².